The number of hydrogen-bond donors (Lipinski definition) is 2. The molecule has 4 aromatic rings. The van der Waals surface area contributed by atoms with Crippen molar-refractivity contribution >= 4 is 34.2 Å². The number of pyridine rings is 1. The summed E-state index contributed by atoms with van der Waals surface area (Å²) in [5, 5.41) is 17.1. The van der Waals surface area contributed by atoms with Crippen LogP contribution in [0.15, 0.2) is 65.6 Å². The number of rotatable bonds is 6. The molecule has 0 saturated carbocycles. The zero-order chi connectivity index (χ0) is 23.5. The molecular weight excluding hydrogens is 424 g/mol. The van der Waals surface area contributed by atoms with E-state index < -0.39 is 11.7 Å². The second kappa shape index (κ2) is 8.91. The molecule has 0 aliphatic rings. The van der Waals surface area contributed by atoms with Gasteiger partial charge >= 0.3 is 6.16 Å². The van der Waals surface area contributed by atoms with Crippen LogP contribution in [0, 0.1) is 0 Å². The van der Waals surface area contributed by atoms with Gasteiger partial charge in [-0.1, -0.05) is 30.3 Å². The average molecular weight is 444 g/mol. The number of nitrogens with one attached hydrogen (secondary N) is 1. The summed E-state index contributed by atoms with van der Waals surface area (Å²) in [5.41, 5.74) is 1.63. The van der Waals surface area contributed by atoms with Crippen molar-refractivity contribution in [2.75, 3.05) is 5.32 Å². The number of nitrogens with zero attached hydrogens (tertiary/aromatic N) is 3. The van der Waals surface area contributed by atoms with Crippen molar-refractivity contribution in [1.82, 2.24) is 14.8 Å². The highest BCUT2D eigenvalue weighted by molar-refractivity contribution is 6.06. The molecule has 0 amide bonds. The summed E-state index contributed by atoms with van der Waals surface area (Å²) in [6.45, 7) is 3.48. The van der Waals surface area contributed by atoms with Crippen LogP contribution in [0.25, 0.3) is 22.2 Å². The quantitative estimate of drug-likeness (QED) is 0.253. The fraction of sp³-hybridized carbons (Fsp3) is 0.125. The van der Waals surface area contributed by atoms with Crippen molar-refractivity contribution in [3.8, 4) is 17.0 Å². The van der Waals surface area contributed by atoms with Crippen LogP contribution < -0.4 is 15.6 Å². The Hall–Kier alpha value is -4.53. The molecule has 0 aliphatic heterocycles. The number of benzene rings is 2. The summed E-state index contributed by atoms with van der Waals surface area (Å²) in [7, 11) is 0. The molecule has 166 valence electrons. The third kappa shape index (κ3) is 4.16. The van der Waals surface area contributed by atoms with Crippen molar-refractivity contribution in [2.24, 2.45) is 0 Å². The average Bonchev–Trinajstić information content (AvgIpc) is 2.81. The molecule has 0 aliphatic carbocycles. The highest BCUT2D eigenvalue weighted by atomic mass is 16.7. The van der Waals surface area contributed by atoms with E-state index in [1.165, 1.54) is 23.9 Å². The van der Waals surface area contributed by atoms with E-state index in [1.807, 2.05) is 30.3 Å². The van der Waals surface area contributed by atoms with E-state index in [4.69, 9.17) is 9.84 Å². The molecule has 33 heavy (non-hydrogen) atoms. The first-order chi connectivity index (χ1) is 15.9. The van der Waals surface area contributed by atoms with Crippen molar-refractivity contribution in [1.29, 1.82) is 0 Å². The maximum Gasteiger partial charge on any atom is 0.511 e. The van der Waals surface area contributed by atoms with Gasteiger partial charge in [0.05, 0.1) is 5.56 Å². The molecular formula is C24H20N4O5. The summed E-state index contributed by atoms with van der Waals surface area (Å²) in [6, 6.07) is 15.6. The zero-order valence-electron chi connectivity index (χ0n) is 17.9. The lowest BCUT2D eigenvalue weighted by Crippen LogP contribution is -2.28. The second-order valence-electron chi connectivity index (χ2n) is 7.15. The number of ether oxygens (including phenoxy) is 1. The van der Waals surface area contributed by atoms with Gasteiger partial charge in [0.1, 0.15) is 16.9 Å². The Morgan fingerprint density at radius 2 is 1.85 bits per heavy atom. The van der Waals surface area contributed by atoms with Crippen LogP contribution >= 0.6 is 0 Å². The lowest BCUT2D eigenvalue weighted by molar-refractivity contribution is 0.101. The molecule has 2 aromatic heterocycles. The molecule has 2 heterocycles. The fourth-order valence-corrected chi connectivity index (χ4v) is 3.61. The van der Waals surface area contributed by atoms with Gasteiger partial charge < -0.3 is 15.2 Å². The Labute approximate surface area is 188 Å². The highest BCUT2D eigenvalue weighted by Gasteiger charge is 2.23. The second-order valence-corrected chi connectivity index (χ2v) is 7.15. The van der Waals surface area contributed by atoms with Crippen molar-refractivity contribution in [2.45, 2.75) is 20.4 Å². The highest BCUT2D eigenvalue weighted by Crippen LogP contribution is 2.33. The Kier molecular flexibility index (Phi) is 5.86. The maximum absolute atomic E-state index is 13.2. The van der Waals surface area contributed by atoms with E-state index in [-0.39, 0.29) is 22.8 Å². The van der Waals surface area contributed by atoms with Gasteiger partial charge in [-0.05, 0) is 38.1 Å². The van der Waals surface area contributed by atoms with Gasteiger partial charge in [-0.2, -0.15) is 5.10 Å². The van der Waals surface area contributed by atoms with E-state index in [2.05, 4.69) is 15.4 Å². The van der Waals surface area contributed by atoms with Crippen molar-refractivity contribution < 1.29 is 19.4 Å². The Balaban J connectivity index is 1.95. The first kappa shape index (κ1) is 21.7. The van der Waals surface area contributed by atoms with Gasteiger partial charge in [0.25, 0.3) is 5.56 Å². The molecule has 0 spiro atoms. The lowest BCUT2D eigenvalue weighted by atomic mass is 10.0. The maximum atomic E-state index is 13.2. The van der Waals surface area contributed by atoms with E-state index in [0.29, 0.717) is 34.4 Å². The third-order valence-electron chi connectivity index (χ3n) is 5.04. The van der Waals surface area contributed by atoms with Crippen molar-refractivity contribution in [3.63, 3.8) is 0 Å². The molecule has 9 heteroatoms. The SMILES string of the molecule is CCn1nc(-c2ccccc2)c(C(C)=O)c(Nc2ccc(OC(=O)O)c3ncccc23)c1=O. The Morgan fingerprint density at radius 1 is 1.09 bits per heavy atom. The number of hydrogen-bond acceptors (Lipinski definition) is 7. The minimum atomic E-state index is -1.46. The van der Waals surface area contributed by atoms with Crippen LogP contribution in [-0.4, -0.2) is 31.8 Å². The van der Waals surface area contributed by atoms with Crippen LogP contribution in [0.5, 0.6) is 5.75 Å². The van der Waals surface area contributed by atoms with Gasteiger partial charge in [-0.25, -0.2) is 9.48 Å². The Morgan fingerprint density at radius 3 is 2.52 bits per heavy atom. The smallest absolute Gasteiger partial charge is 0.449 e. The minimum absolute atomic E-state index is 0.0566. The first-order valence-corrected chi connectivity index (χ1v) is 10.2. The van der Waals surface area contributed by atoms with Gasteiger partial charge in [0.15, 0.2) is 11.5 Å². The number of Topliss-reactive ketones (excluding diaryl/α,β-unsaturated/α-hetero) is 1. The summed E-state index contributed by atoms with van der Waals surface area (Å²) < 4.78 is 6.12. The summed E-state index contributed by atoms with van der Waals surface area (Å²) >= 11 is 0. The van der Waals surface area contributed by atoms with Gasteiger partial charge in [0.2, 0.25) is 0 Å². The minimum Gasteiger partial charge on any atom is -0.449 e. The topological polar surface area (TPSA) is 123 Å². The molecule has 9 nitrogen and oxygen atoms in total. The number of aryl methyl sites for hydroxylation is 1. The van der Waals surface area contributed by atoms with Crippen LogP contribution in [0.2, 0.25) is 0 Å². The van der Waals surface area contributed by atoms with Crippen LogP contribution in [-0.2, 0) is 6.54 Å². The van der Waals surface area contributed by atoms with Gasteiger partial charge in [-0.3, -0.25) is 14.6 Å². The predicted molar refractivity (Wildman–Crippen MR) is 123 cm³/mol. The molecule has 0 bridgehead atoms. The molecule has 0 unspecified atom stereocenters. The van der Waals surface area contributed by atoms with E-state index in [1.54, 1.807) is 25.1 Å². The number of fused-ring (bicyclic) bond motifs is 1. The normalized spacial score (nSPS) is 10.7. The summed E-state index contributed by atoms with van der Waals surface area (Å²) in [4.78, 5) is 41.2. The monoisotopic (exact) mass is 444 g/mol. The standard InChI is InChI=1S/C24H20N4O5/c1-3-28-23(30)22(19(14(2)29)20(27-28)15-8-5-4-6-9-15)26-17-11-12-18(33-24(31)32)21-16(17)10-7-13-25-21/h4-13,26H,3H2,1-2H3,(H,31,32). The van der Waals surface area contributed by atoms with Crippen LogP contribution in [0.3, 0.4) is 0 Å². The molecule has 2 aromatic carbocycles. The number of carboxylic acid groups (broad SMARTS) is 1. The molecule has 0 atom stereocenters. The van der Waals surface area contributed by atoms with E-state index in [0.717, 1.165) is 0 Å². The first-order valence-electron chi connectivity index (χ1n) is 10.2. The molecule has 4 rings (SSSR count). The van der Waals surface area contributed by atoms with E-state index in [9.17, 15) is 14.4 Å². The molecule has 0 saturated heterocycles. The predicted octanol–water partition coefficient (Wildman–Crippen LogP) is 4.48. The largest absolute Gasteiger partial charge is 0.511 e. The van der Waals surface area contributed by atoms with Crippen molar-refractivity contribution in [3.05, 3.63) is 76.7 Å². The number of ketones is 1. The zero-order valence-corrected chi connectivity index (χ0v) is 17.9. The molecule has 0 fully saturated rings. The fourth-order valence-electron chi connectivity index (χ4n) is 3.61. The summed E-state index contributed by atoms with van der Waals surface area (Å²) in [6.07, 6.45) is 0.0419. The number of carbonyl (C=O) groups excluding carboxylic acids is 1. The van der Waals surface area contributed by atoms with Crippen LogP contribution in [0.1, 0.15) is 24.2 Å². The van der Waals surface area contributed by atoms with Gasteiger partial charge in [0, 0.05) is 29.4 Å². The molecule has 2 N–H and O–H groups in total. The number of anilines is 2. The summed E-state index contributed by atoms with van der Waals surface area (Å²) in [5.74, 6) is -0.265. The van der Waals surface area contributed by atoms with E-state index >= 15 is 0 Å². The number of carbonyl (C=O) groups is 2. The third-order valence-corrected chi connectivity index (χ3v) is 5.04. The number of aromatic nitrogens is 3. The molecule has 0 radical (unpaired) electrons. The lowest BCUT2D eigenvalue weighted by Gasteiger charge is -2.17. The van der Waals surface area contributed by atoms with Gasteiger partial charge in [-0.15, -0.1) is 0 Å². The van der Waals surface area contributed by atoms with Crippen LogP contribution in [0.4, 0.5) is 16.2 Å². The Bertz CT molecular complexity index is 1430.